The average molecular weight is 461 g/mol. The van der Waals surface area contributed by atoms with Crippen molar-refractivity contribution in [3.8, 4) is 5.88 Å². The average Bonchev–Trinajstić information content (AvgIpc) is 3.12. The fourth-order valence-corrected chi connectivity index (χ4v) is 4.38. The number of aryl methyl sites for hydroxylation is 1. The summed E-state index contributed by atoms with van der Waals surface area (Å²) in [6.07, 6.45) is 4.47. The Morgan fingerprint density at radius 3 is 2.28 bits per heavy atom. The van der Waals surface area contributed by atoms with Gasteiger partial charge in [-0.05, 0) is 62.9 Å². The number of ether oxygens (including phenoxy) is 1. The summed E-state index contributed by atoms with van der Waals surface area (Å²) in [5.74, 6) is -0.697. The third-order valence-electron chi connectivity index (χ3n) is 5.45. The molecule has 0 radical (unpaired) electrons. The van der Waals surface area contributed by atoms with Crippen molar-refractivity contribution in [2.75, 3.05) is 6.26 Å². The number of carbonyl (C=O) groups is 2. The van der Waals surface area contributed by atoms with Crippen LogP contribution in [0.4, 0.5) is 0 Å². The van der Waals surface area contributed by atoms with Gasteiger partial charge in [0, 0.05) is 24.8 Å². The number of esters is 1. The Labute approximate surface area is 190 Å². The van der Waals surface area contributed by atoms with Gasteiger partial charge in [0.1, 0.15) is 5.56 Å². The summed E-state index contributed by atoms with van der Waals surface area (Å²) in [6.45, 7) is 11.6. The first kappa shape index (κ1) is 25.5. The molecule has 0 atom stereocenters. The minimum absolute atomic E-state index is 0.127. The van der Waals surface area contributed by atoms with Gasteiger partial charge in [0.15, 0.2) is 15.6 Å². The topological polar surface area (TPSA) is 95.3 Å². The predicted molar refractivity (Wildman–Crippen MR) is 125 cm³/mol. The van der Waals surface area contributed by atoms with Crippen molar-refractivity contribution in [2.24, 2.45) is 0 Å². The third-order valence-corrected chi connectivity index (χ3v) is 6.59. The largest absolute Gasteiger partial charge is 0.407 e. The molecule has 0 saturated carbocycles. The lowest BCUT2D eigenvalue weighted by molar-refractivity contribution is -0.134. The standard InChI is InChI=1S/C24H32N2O5S/c1-8-10-13-26-24(31-21(27)9-2)19(14-25-26)23(28)18-11-12-20(32(7,29)30)22(17(18)6)16(5)15(3)4/h11-12,14H,8-10,13H2,1-7H3. The molecule has 7 nitrogen and oxygen atoms in total. The molecule has 0 N–H and O–H groups in total. The van der Waals surface area contributed by atoms with Crippen LogP contribution in [-0.4, -0.2) is 36.2 Å². The molecule has 0 aliphatic heterocycles. The predicted octanol–water partition coefficient (Wildman–Crippen LogP) is 4.75. The number of aromatic nitrogens is 2. The Morgan fingerprint density at radius 1 is 1.09 bits per heavy atom. The van der Waals surface area contributed by atoms with Crippen LogP contribution < -0.4 is 4.74 Å². The first-order valence-electron chi connectivity index (χ1n) is 10.7. The smallest absolute Gasteiger partial charge is 0.312 e. The number of allylic oxidation sites excluding steroid dienone is 2. The van der Waals surface area contributed by atoms with Gasteiger partial charge in [-0.3, -0.25) is 9.59 Å². The Morgan fingerprint density at radius 2 is 1.75 bits per heavy atom. The number of unbranched alkanes of at least 4 members (excludes halogenated alkanes) is 1. The van der Waals surface area contributed by atoms with Gasteiger partial charge >= 0.3 is 5.97 Å². The van der Waals surface area contributed by atoms with E-state index in [4.69, 9.17) is 4.74 Å². The number of hydrogen-bond acceptors (Lipinski definition) is 6. The fraction of sp³-hybridized carbons (Fsp3) is 0.458. The van der Waals surface area contributed by atoms with Crippen LogP contribution >= 0.6 is 0 Å². The van der Waals surface area contributed by atoms with Gasteiger partial charge in [0.2, 0.25) is 5.88 Å². The van der Waals surface area contributed by atoms with E-state index in [1.54, 1.807) is 13.8 Å². The van der Waals surface area contributed by atoms with Gasteiger partial charge in [0.05, 0.1) is 11.1 Å². The maximum Gasteiger partial charge on any atom is 0.312 e. The van der Waals surface area contributed by atoms with Crippen LogP contribution in [0.15, 0.2) is 28.8 Å². The van der Waals surface area contributed by atoms with Crippen LogP contribution in [0.2, 0.25) is 0 Å². The summed E-state index contributed by atoms with van der Waals surface area (Å²) >= 11 is 0. The van der Waals surface area contributed by atoms with Crippen molar-refractivity contribution >= 4 is 27.2 Å². The lowest BCUT2D eigenvalue weighted by atomic mass is 9.91. The number of benzene rings is 1. The van der Waals surface area contributed by atoms with Gasteiger partial charge in [-0.1, -0.05) is 25.8 Å². The molecule has 1 aromatic heterocycles. The zero-order chi connectivity index (χ0) is 24.2. The second-order valence-corrected chi connectivity index (χ2v) is 10.1. The number of ketones is 1. The molecule has 0 amide bonds. The van der Waals surface area contributed by atoms with E-state index in [1.807, 2.05) is 27.7 Å². The van der Waals surface area contributed by atoms with Crippen LogP contribution in [0.3, 0.4) is 0 Å². The molecule has 2 aromatic rings. The first-order valence-corrected chi connectivity index (χ1v) is 12.6. The second kappa shape index (κ2) is 10.3. The SMILES string of the molecule is CCCCn1ncc(C(=O)c2ccc(S(C)(=O)=O)c(C(C)=C(C)C)c2C)c1OC(=O)CC. The van der Waals surface area contributed by atoms with Gasteiger partial charge in [-0.25, -0.2) is 13.1 Å². The van der Waals surface area contributed by atoms with Crippen molar-refractivity contribution in [1.82, 2.24) is 9.78 Å². The minimum atomic E-state index is -3.51. The maximum absolute atomic E-state index is 13.5. The highest BCUT2D eigenvalue weighted by Crippen LogP contribution is 2.33. The molecule has 0 bridgehead atoms. The van der Waals surface area contributed by atoms with Crippen LogP contribution in [0.1, 0.15) is 80.9 Å². The summed E-state index contributed by atoms with van der Waals surface area (Å²) in [6, 6.07) is 2.99. The molecule has 8 heteroatoms. The molecular formula is C24H32N2O5S. The molecule has 0 spiro atoms. The number of carbonyl (C=O) groups excluding carboxylic acids is 2. The monoisotopic (exact) mass is 460 g/mol. The minimum Gasteiger partial charge on any atom is -0.407 e. The normalized spacial score (nSPS) is 11.3. The van der Waals surface area contributed by atoms with E-state index in [-0.39, 0.29) is 28.5 Å². The Kier molecular flexibility index (Phi) is 8.18. The van der Waals surface area contributed by atoms with Crippen molar-refractivity contribution in [3.05, 3.63) is 46.2 Å². The van der Waals surface area contributed by atoms with Crippen molar-refractivity contribution in [2.45, 2.75) is 72.2 Å². The molecule has 32 heavy (non-hydrogen) atoms. The molecule has 0 aliphatic rings. The Hall–Kier alpha value is -2.74. The summed E-state index contributed by atoms with van der Waals surface area (Å²) in [5.41, 5.74) is 3.37. The highest BCUT2D eigenvalue weighted by Gasteiger charge is 2.26. The van der Waals surface area contributed by atoms with E-state index in [0.29, 0.717) is 23.2 Å². The van der Waals surface area contributed by atoms with Gasteiger partial charge in [-0.2, -0.15) is 5.10 Å². The zero-order valence-corrected chi connectivity index (χ0v) is 20.7. The lowest BCUT2D eigenvalue weighted by Gasteiger charge is -2.17. The van der Waals surface area contributed by atoms with E-state index >= 15 is 0 Å². The van der Waals surface area contributed by atoms with E-state index in [2.05, 4.69) is 5.10 Å². The lowest BCUT2D eigenvalue weighted by Crippen LogP contribution is -2.15. The van der Waals surface area contributed by atoms with Crippen LogP contribution in [0.5, 0.6) is 5.88 Å². The first-order chi connectivity index (χ1) is 14.9. The number of hydrogen-bond donors (Lipinski definition) is 0. The van der Waals surface area contributed by atoms with E-state index in [1.165, 1.54) is 23.0 Å². The molecule has 0 aliphatic carbocycles. The Balaban J connectivity index is 2.71. The van der Waals surface area contributed by atoms with Crippen molar-refractivity contribution in [3.63, 3.8) is 0 Å². The van der Waals surface area contributed by atoms with E-state index < -0.39 is 15.8 Å². The van der Waals surface area contributed by atoms with E-state index in [9.17, 15) is 18.0 Å². The highest BCUT2D eigenvalue weighted by molar-refractivity contribution is 7.90. The molecule has 174 valence electrons. The van der Waals surface area contributed by atoms with Crippen molar-refractivity contribution in [1.29, 1.82) is 0 Å². The molecular weight excluding hydrogens is 428 g/mol. The third kappa shape index (κ3) is 5.35. The Bertz CT molecular complexity index is 1170. The highest BCUT2D eigenvalue weighted by atomic mass is 32.2. The molecule has 1 aromatic carbocycles. The summed E-state index contributed by atoms with van der Waals surface area (Å²) in [7, 11) is -3.51. The molecule has 2 rings (SSSR count). The fourth-order valence-electron chi connectivity index (χ4n) is 3.39. The summed E-state index contributed by atoms with van der Waals surface area (Å²) < 4.78 is 31.8. The summed E-state index contributed by atoms with van der Waals surface area (Å²) in [4.78, 5) is 25.7. The number of rotatable bonds is 9. The molecule has 0 unspecified atom stereocenters. The molecule has 1 heterocycles. The number of nitrogens with zero attached hydrogens (tertiary/aromatic N) is 2. The van der Waals surface area contributed by atoms with E-state index in [0.717, 1.165) is 30.2 Å². The van der Waals surface area contributed by atoms with Gasteiger partial charge < -0.3 is 4.74 Å². The van der Waals surface area contributed by atoms with Crippen LogP contribution in [-0.2, 0) is 21.2 Å². The second-order valence-electron chi connectivity index (χ2n) is 8.11. The summed E-state index contributed by atoms with van der Waals surface area (Å²) in [5, 5.41) is 4.27. The molecule has 0 saturated heterocycles. The maximum atomic E-state index is 13.5. The van der Waals surface area contributed by atoms with Crippen LogP contribution in [0, 0.1) is 6.92 Å². The van der Waals surface area contributed by atoms with Crippen LogP contribution in [0.25, 0.3) is 5.57 Å². The quantitative estimate of drug-likeness (QED) is 0.396. The number of sulfone groups is 1. The van der Waals surface area contributed by atoms with Crippen molar-refractivity contribution < 1.29 is 22.7 Å². The zero-order valence-electron chi connectivity index (χ0n) is 19.9. The molecule has 0 fully saturated rings. The van der Waals surface area contributed by atoms with Gasteiger partial charge in [0.25, 0.3) is 0 Å². The van der Waals surface area contributed by atoms with Gasteiger partial charge in [-0.15, -0.1) is 0 Å².